The van der Waals surface area contributed by atoms with Gasteiger partial charge in [0.15, 0.2) is 4.34 Å². The van der Waals surface area contributed by atoms with Crippen molar-refractivity contribution in [1.82, 2.24) is 10.2 Å². The summed E-state index contributed by atoms with van der Waals surface area (Å²) in [6.07, 6.45) is 0. The van der Waals surface area contributed by atoms with Gasteiger partial charge in [0.25, 0.3) is 5.91 Å². The minimum absolute atomic E-state index is 0.144. The SMILES string of the molecule is CC(Sc1nnc(NC(=O)c2cc3ccccc3s2)s1)c1ccccc1. The maximum absolute atomic E-state index is 12.5. The molecule has 0 spiro atoms. The number of thioether (sulfide) groups is 1. The van der Waals surface area contributed by atoms with Crippen LogP contribution in [0.15, 0.2) is 65.0 Å². The molecule has 1 N–H and O–H groups in total. The van der Waals surface area contributed by atoms with Crippen LogP contribution in [0.5, 0.6) is 0 Å². The number of fused-ring (bicyclic) bond motifs is 1. The number of thiophene rings is 1. The highest BCUT2D eigenvalue weighted by molar-refractivity contribution is 8.01. The minimum Gasteiger partial charge on any atom is -0.296 e. The summed E-state index contributed by atoms with van der Waals surface area (Å²) in [5, 5.41) is 13.0. The Balaban J connectivity index is 1.43. The molecule has 0 bridgehead atoms. The van der Waals surface area contributed by atoms with Crippen LogP contribution in [0.4, 0.5) is 5.13 Å². The maximum Gasteiger partial charge on any atom is 0.267 e. The molecule has 0 aliphatic rings. The van der Waals surface area contributed by atoms with Gasteiger partial charge in [-0.05, 0) is 30.0 Å². The highest BCUT2D eigenvalue weighted by atomic mass is 32.2. The van der Waals surface area contributed by atoms with Gasteiger partial charge in [0.05, 0.1) is 4.88 Å². The molecule has 1 unspecified atom stereocenters. The van der Waals surface area contributed by atoms with E-state index in [1.54, 1.807) is 11.8 Å². The maximum atomic E-state index is 12.5. The van der Waals surface area contributed by atoms with Crippen LogP contribution < -0.4 is 5.32 Å². The molecule has 0 saturated carbocycles. The molecule has 1 amide bonds. The Morgan fingerprint density at radius 2 is 1.81 bits per heavy atom. The van der Waals surface area contributed by atoms with Gasteiger partial charge < -0.3 is 0 Å². The van der Waals surface area contributed by atoms with E-state index in [-0.39, 0.29) is 11.2 Å². The van der Waals surface area contributed by atoms with Gasteiger partial charge in [-0.25, -0.2) is 0 Å². The topological polar surface area (TPSA) is 54.9 Å². The lowest BCUT2D eigenvalue weighted by atomic mass is 10.2. The van der Waals surface area contributed by atoms with Crippen LogP contribution in [0.25, 0.3) is 10.1 Å². The number of nitrogens with zero attached hydrogens (tertiary/aromatic N) is 2. The summed E-state index contributed by atoms with van der Waals surface area (Å²) in [7, 11) is 0. The Morgan fingerprint density at radius 3 is 2.62 bits per heavy atom. The van der Waals surface area contributed by atoms with Crippen molar-refractivity contribution in [3.63, 3.8) is 0 Å². The molecule has 0 aliphatic heterocycles. The second kappa shape index (κ2) is 7.57. The second-order valence-electron chi connectivity index (χ2n) is 5.65. The minimum atomic E-state index is -0.144. The molecule has 2 heterocycles. The van der Waals surface area contributed by atoms with Gasteiger partial charge in [-0.3, -0.25) is 10.1 Å². The molecule has 4 rings (SSSR count). The molecule has 26 heavy (non-hydrogen) atoms. The lowest BCUT2D eigenvalue weighted by Crippen LogP contribution is -2.09. The standard InChI is InChI=1S/C19H15N3OS3/c1-12(13-7-3-2-4-8-13)24-19-22-21-18(26-19)20-17(23)16-11-14-9-5-6-10-15(14)25-16/h2-12H,1H3,(H,20,21,23). The van der Waals surface area contributed by atoms with E-state index >= 15 is 0 Å². The number of benzene rings is 2. The van der Waals surface area contributed by atoms with E-state index in [1.165, 1.54) is 28.2 Å². The van der Waals surface area contributed by atoms with Gasteiger partial charge in [0, 0.05) is 9.95 Å². The van der Waals surface area contributed by atoms with Gasteiger partial charge in [-0.1, -0.05) is 71.6 Å². The zero-order chi connectivity index (χ0) is 17.9. The van der Waals surface area contributed by atoms with Gasteiger partial charge in [0.2, 0.25) is 5.13 Å². The van der Waals surface area contributed by atoms with Crippen molar-refractivity contribution in [2.75, 3.05) is 5.32 Å². The number of rotatable bonds is 5. The van der Waals surface area contributed by atoms with Crippen LogP contribution in [0, 0.1) is 0 Å². The van der Waals surface area contributed by atoms with E-state index in [1.807, 2.05) is 48.5 Å². The first-order valence-electron chi connectivity index (χ1n) is 8.04. The molecule has 0 radical (unpaired) electrons. The first-order valence-corrected chi connectivity index (χ1v) is 10.6. The predicted molar refractivity (Wildman–Crippen MR) is 110 cm³/mol. The Morgan fingerprint density at radius 1 is 1.04 bits per heavy atom. The number of anilines is 1. The summed E-state index contributed by atoms with van der Waals surface area (Å²) in [5.74, 6) is -0.144. The first kappa shape index (κ1) is 17.2. The van der Waals surface area contributed by atoms with Gasteiger partial charge in [0.1, 0.15) is 0 Å². The number of hydrogen-bond acceptors (Lipinski definition) is 6. The Hall–Kier alpha value is -2.22. The van der Waals surface area contributed by atoms with E-state index in [4.69, 9.17) is 0 Å². The third-order valence-corrected chi connectivity index (χ3v) is 7.02. The molecular formula is C19H15N3OS3. The van der Waals surface area contributed by atoms with Crippen molar-refractivity contribution < 1.29 is 4.79 Å². The van der Waals surface area contributed by atoms with Crippen LogP contribution in [-0.4, -0.2) is 16.1 Å². The monoisotopic (exact) mass is 397 g/mol. The molecule has 4 aromatic rings. The molecule has 2 aromatic carbocycles. The molecule has 1 atom stereocenters. The molecule has 0 aliphatic carbocycles. The lowest BCUT2D eigenvalue weighted by Gasteiger charge is -2.08. The lowest BCUT2D eigenvalue weighted by molar-refractivity contribution is 0.103. The average molecular weight is 398 g/mol. The Bertz CT molecular complexity index is 1010. The van der Waals surface area contributed by atoms with Crippen molar-refractivity contribution in [3.05, 3.63) is 71.1 Å². The molecular weight excluding hydrogens is 382 g/mol. The highest BCUT2D eigenvalue weighted by Gasteiger charge is 2.15. The Kier molecular flexibility index (Phi) is 5.01. The van der Waals surface area contributed by atoms with Crippen molar-refractivity contribution >= 4 is 55.6 Å². The highest BCUT2D eigenvalue weighted by Crippen LogP contribution is 2.37. The number of hydrogen-bond donors (Lipinski definition) is 1. The van der Waals surface area contributed by atoms with Crippen LogP contribution in [-0.2, 0) is 0 Å². The number of nitrogens with one attached hydrogen (secondary N) is 1. The summed E-state index contributed by atoms with van der Waals surface area (Å²) < 4.78 is 1.94. The molecule has 0 saturated heterocycles. The fourth-order valence-electron chi connectivity index (χ4n) is 2.50. The van der Waals surface area contributed by atoms with Crippen molar-refractivity contribution in [3.8, 4) is 0 Å². The molecule has 130 valence electrons. The van der Waals surface area contributed by atoms with Gasteiger partial charge in [-0.15, -0.1) is 21.5 Å². The number of carbonyl (C=O) groups is 1. The fraction of sp³-hybridized carbons (Fsp3) is 0.105. The third kappa shape index (κ3) is 3.80. The van der Waals surface area contributed by atoms with E-state index in [9.17, 15) is 4.79 Å². The first-order chi connectivity index (χ1) is 12.7. The summed E-state index contributed by atoms with van der Waals surface area (Å²) in [5.41, 5.74) is 1.24. The number of carbonyl (C=O) groups excluding carboxylic acids is 1. The summed E-state index contributed by atoms with van der Waals surface area (Å²) in [6.45, 7) is 2.14. The third-order valence-electron chi connectivity index (χ3n) is 3.82. The van der Waals surface area contributed by atoms with Crippen molar-refractivity contribution in [2.24, 2.45) is 0 Å². The summed E-state index contributed by atoms with van der Waals surface area (Å²) in [6, 6.07) is 20.1. The molecule has 7 heteroatoms. The largest absolute Gasteiger partial charge is 0.296 e. The van der Waals surface area contributed by atoms with Crippen LogP contribution in [0.1, 0.15) is 27.4 Å². The zero-order valence-corrected chi connectivity index (χ0v) is 16.3. The van der Waals surface area contributed by atoms with Crippen LogP contribution in [0.2, 0.25) is 0 Å². The van der Waals surface area contributed by atoms with Gasteiger partial charge >= 0.3 is 0 Å². The second-order valence-corrected chi connectivity index (χ2v) is 9.30. The molecule has 0 fully saturated rings. The summed E-state index contributed by atoms with van der Waals surface area (Å²) >= 11 is 4.52. The van der Waals surface area contributed by atoms with Crippen LogP contribution in [0.3, 0.4) is 0 Å². The predicted octanol–water partition coefficient (Wildman–Crippen LogP) is 5.86. The smallest absolute Gasteiger partial charge is 0.267 e. The summed E-state index contributed by atoms with van der Waals surface area (Å²) in [4.78, 5) is 13.1. The average Bonchev–Trinajstić information content (AvgIpc) is 3.29. The number of aromatic nitrogens is 2. The zero-order valence-electron chi connectivity index (χ0n) is 13.9. The number of amides is 1. The van der Waals surface area contributed by atoms with E-state index in [0.29, 0.717) is 10.0 Å². The fourth-order valence-corrected chi connectivity index (χ4v) is 5.48. The Labute approximate surface area is 163 Å². The van der Waals surface area contributed by atoms with Crippen molar-refractivity contribution in [2.45, 2.75) is 16.5 Å². The normalized spacial score (nSPS) is 12.2. The quantitative estimate of drug-likeness (QED) is 0.339. The van der Waals surface area contributed by atoms with Crippen molar-refractivity contribution in [1.29, 1.82) is 0 Å². The van der Waals surface area contributed by atoms with Gasteiger partial charge in [-0.2, -0.15) is 0 Å². The van der Waals surface area contributed by atoms with Crippen LogP contribution >= 0.6 is 34.4 Å². The molecule has 4 nitrogen and oxygen atoms in total. The molecule has 2 aromatic heterocycles. The van der Waals surface area contributed by atoms with E-state index in [0.717, 1.165) is 14.4 Å². The van der Waals surface area contributed by atoms with E-state index in [2.05, 4.69) is 34.6 Å². The van der Waals surface area contributed by atoms with E-state index < -0.39 is 0 Å².